The van der Waals surface area contributed by atoms with Gasteiger partial charge in [-0.2, -0.15) is 4.57 Å². The lowest BCUT2D eigenvalue weighted by molar-refractivity contribution is -0.508. The molecule has 4 nitrogen and oxygen atoms in total. The van der Waals surface area contributed by atoms with Crippen LogP contribution in [0, 0.1) is 0 Å². The van der Waals surface area contributed by atoms with E-state index >= 15 is 0 Å². The maximum Gasteiger partial charge on any atom is 0.352 e. The van der Waals surface area contributed by atoms with Crippen LogP contribution in [0.4, 0.5) is 0 Å². The summed E-state index contributed by atoms with van der Waals surface area (Å²) in [6.45, 7) is 1.72. The zero-order valence-electron chi connectivity index (χ0n) is 9.72. The van der Waals surface area contributed by atoms with Crippen LogP contribution in [0.2, 0.25) is 0 Å². The fourth-order valence-electron chi connectivity index (χ4n) is 2.01. The van der Waals surface area contributed by atoms with Gasteiger partial charge in [0.05, 0.1) is 13.1 Å². The van der Waals surface area contributed by atoms with Gasteiger partial charge < -0.3 is 5.11 Å². The van der Waals surface area contributed by atoms with Gasteiger partial charge in [-0.25, -0.2) is 4.79 Å². The lowest BCUT2D eigenvalue weighted by atomic mass is 10.2. The Morgan fingerprint density at radius 2 is 2.11 bits per heavy atom. The molecule has 18 heavy (non-hydrogen) atoms. The van der Waals surface area contributed by atoms with Gasteiger partial charge in [0.2, 0.25) is 0 Å². The second-order valence-electron chi connectivity index (χ2n) is 4.24. The van der Waals surface area contributed by atoms with Crippen molar-refractivity contribution in [3.63, 3.8) is 0 Å². The second kappa shape index (κ2) is 4.42. The van der Waals surface area contributed by atoms with E-state index in [1.807, 2.05) is 6.08 Å². The minimum Gasteiger partial charge on any atom is -0.508 e. The number of aromatic nitrogens is 1. The van der Waals surface area contributed by atoms with Crippen LogP contribution in [-0.2, 0) is 6.54 Å². The number of phenolic OH excluding ortho intramolecular Hbond substituents is 1. The molecule has 0 spiro atoms. The summed E-state index contributed by atoms with van der Waals surface area (Å²) >= 11 is 1.48. The van der Waals surface area contributed by atoms with Crippen LogP contribution in [0.5, 0.6) is 5.75 Å². The van der Waals surface area contributed by atoms with Crippen molar-refractivity contribution in [3.05, 3.63) is 49.5 Å². The number of aromatic hydroxyl groups is 1. The molecule has 2 aromatic rings. The molecule has 2 N–H and O–H groups in total. The van der Waals surface area contributed by atoms with Gasteiger partial charge in [-0.05, 0) is 35.1 Å². The highest BCUT2D eigenvalue weighted by molar-refractivity contribution is 7.06. The number of nitrogens with zero attached hydrogens (tertiary/aromatic N) is 1. The molecule has 5 heteroatoms. The molecule has 1 aliphatic rings. The summed E-state index contributed by atoms with van der Waals surface area (Å²) in [7, 11) is 0. The summed E-state index contributed by atoms with van der Waals surface area (Å²) in [6.07, 6.45) is 2.85. The van der Waals surface area contributed by atoms with Gasteiger partial charge in [0.1, 0.15) is 10.3 Å². The number of phenols is 1. The third-order valence-corrected chi connectivity index (χ3v) is 4.00. The highest BCUT2D eigenvalue weighted by Crippen LogP contribution is 2.09. The Balaban J connectivity index is 2.16. The van der Waals surface area contributed by atoms with Gasteiger partial charge in [0, 0.05) is 6.42 Å². The molecule has 1 aliphatic heterocycles. The first-order valence-electron chi connectivity index (χ1n) is 5.85. The fourth-order valence-corrected chi connectivity index (χ4v) is 3.07. The standard InChI is InChI=1S/C13H12N2O2S/c16-10-4-2-9(3-5-10)8-11-12(17)15-7-1-6-14-13(15)18-11/h2-5,8,16H,1,6-7H2/p+1. The summed E-state index contributed by atoms with van der Waals surface area (Å²) in [5.74, 6) is 0.232. The Hall–Kier alpha value is -1.88. The zero-order chi connectivity index (χ0) is 12.5. The lowest BCUT2D eigenvalue weighted by Crippen LogP contribution is -2.80. The average molecular weight is 261 g/mol. The van der Waals surface area contributed by atoms with Crippen molar-refractivity contribution < 1.29 is 10.1 Å². The Kier molecular flexibility index (Phi) is 2.76. The third-order valence-electron chi connectivity index (χ3n) is 2.93. The normalized spacial score (nSPS) is 15.2. The van der Waals surface area contributed by atoms with E-state index in [9.17, 15) is 9.90 Å². The molecule has 0 unspecified atom stereocenters. The van der Waals surface area contributed by atoms with Crippen LogP contribution >= 0.6 is 11.3 Å². The van der Waals surface area contributed by atoms with Crippen molar-refractivity contribution in [1.82, 2.24) is 4.57 Å². The highest BCUT2D eigenvalue weighted by Gasteiger charge is 2.15. The van der Waals surface area contributed by atoms with E-state index in [1.165, 1.54) is 11.3 Å². The van der Waals surface area contributed by atoms with Crippen molar-refractivity contribution in [2.75, 3.05) is 6.54 Å². The van der Waals surface area contributed by atoms with Crippen LogP contribution in [-0.4, -0.2) is 16.2 Å². The molecule has 2 heterocycles. The van der Waals surface area contributed by atoms with E-state index in [2.05, 4.69) is 4.99 Å². The van der Waals surface area contributed by atoms with E-state index in [0.717, 1.165) is 34.4 Å². The molecule has 1 aromatic heterocycles. The first kappa shape index (κ1) is 11.2. The van der Waals surface area contributed by atoms with E-state index in [4.69, 9.17) is 0 Å². The largest absolute Gasteiger partial charge is 0.508 e. The number of nitrogens with one attached hydrogen (secondary N) is 1. The monoisotopic (exact) mass is 261 g/mol. The molecule has 0 aliphatic carbocycles. The molecule has 0 saturated carbocycles. The Morgan fingerprint density at radius 3 is 2.83 bits per heavy atom. The number of hydrogen-bond donors (Lipinski definition) is 2. The smallest absolute Gasteiger partial charge is 0.352 e. The quantitative estimate of drug-likeness (QED) is 0.660. The van der Waals surface area contributed by atoms with E-state index in [-0.39, 0.29) is 11.3 Å². The van der Waals surface area contributed by atoms with E-state index in [1.54, 1.807) is 28.8 Å². The second-order valence-corrected chi connectivity index (χ2v) is 5.28. The number of hydrogen-bond acceptors (Lipinski definition) is 3. The molecule has 1 aromatic carbocycles. The number of thiazole rings is 1. The summed E-state index contributed by atoms with van der Waals surface area (Å²) in [6, 6.07) is 6.83. The van der Waals surface area contributed by atoms with E-state index < -0.39 is 0 Å². The zero-order valence-corrected chi connectivity index (χ0v) is 10.5. The van der Waals surface area contributed by atoms with Gasteiger partial charge >= 0.3 is 10.4 Å². The topological polar surface area (TPSA) is 56.2 Å². The molecule has 0 radical (unpaired) electrons. The van der Waals surface area contributed by atoms with Crippen molar-refractivity contribution in [3.8, 4) is 5.75 Å². The van der Waals surface area contributed by atoms with Crippen molar-refractivity contribution in [2.24, 2.45) is 0 Å². The average Bonchev–Trinajstić information content (AvgIpc) is 2.70. The minimum absolute atomic E-state index is 0.0651. The van der Waals surface area contributed by atoms with Gasteiger partial charge in [-0.1, -0.05) is 12.1 Å². The lowest BCUT2D eigenvalue weighted by Gasteiger charge is -1.96. The van der Waals surface area contributed by atoms with Crippen LogP contribution < -0.4 is 19.9 Å². The van der Waals surface area contributed by atoms with Crippen molar-refractivity contribution in [1.29, 1.82) is 0 Å². The minimum atomic E-state index is 0.0651. The predicted octanol–water partition coefficient (Wildman–Crippen LogP) is -1.45. The van der Waals surface area contributed by atoms with Crippen LogP contribution in [0.25, 0.3) is 6.08 Å². The highest BCUT2D eigenvalue weighted by atomic mass is 32.1. The molecule has 3 rings (SSSR count). The van der Waals surface area contributed by atoms with E-state index in [0.29, 0.717) is 0 Å². The van der Waals surface area contributed by atoms with Gasteiger partial charge in [-0.3, -0.25) is 4.99 Å². The van der Waals surface area contributed by atoms with Crippen molar-refractivity contribution in [2.45, 2.75) is 13.0 Å². The van der Waals surface area contributed by atoms with Gasteiger partial charge in [-0.15, -0.1) is 0 Å². The number of rotatable bonds is 1. The fraction of sp³-hybridized carbons (Fsp3) is 0.231. The summed E-state index contributed by atoms with van der Waals surface area (Å²) in [5.41, 5.74) is 0.986. The molecule has 0 bridgehead atoms. The Morgan fingerprint density at radius 1 is 1.33 bits per heavy atom. The number of fused-ring (bicyclic) bond motifs is 1. The molecule has 0 atom stereocenters. The maximum atomic E-state index is 12.1. The first-order valence-corrected chi connectivity index (χ1v) is 6.67. The van der Waals surface area contributed by atoms with Crippen LogP contribution in [0.1, 0.15) is 12.0 Å². The third kappa shape index (κ3) is 1.97. The molecule has 0 fully saturated rings. The Bertz CT molecular complexity index is 741. The SMILES string of the molecule is O=c1c(=Cc2ccc(O)cc2)sc2n1CCC[NH+]=2. The maximum absolute atomic E-state index is 12.1. The molecular weight excluding hydrogens is 248 g/mol. The van der Waals surface area contributed by atoms with Gasteiger partial charge in [0.15, 0.2) is 0 Å². The van der Waals surface area contributed by atoms with Crippen molar-refractivity contribution >= 4 is 17.4 Å². The number of benzene rings is 1. The summed E-state index contributed by atoms with van der Waals surface area (Å²) in [5, 5.41) is 9.22. The summed E-state index contributed by atoms with van der Waals surface area (Å²) in [4.78, 5) is 16.3. The van der Waals surface area contributed by atoms with Crippen LogP contribution in [0.3, 0.4) is 0 Å². The molecule has 0 amide bonds. The first-order chi connectivity index (χ1) is 8.74. The predicted molar refractivity (Wildman–Crippen MR) is 69.1 cm³/mol. The summed E-state index contributed by atoms with van der Waals surface area (Å²) < 4.78 is 2.52. The Labute approximate surface area is 107 Å². The van der Waals surface area contributed by atoms with Gasteiger partial charge in [0.25, 0.3) is 0 Å². The van der Waals surface area contributed by atoms with Crippen LogP contribution in [0.15, 0.2) is 29.1 Å². The molecule has 0 saturated heterocycles. The molecule has 92 valence electrons. The molecular formula is C13H13N2O2S+.